The van der Waals surface area contributed by atoms with Crippen LogP contribution >= 0.6 is 0 Å². The maximum absolute atomic E-state index is 11.5. The van der Waals surface area contributed by atoms with Crippen LogP contribution in [-0.2, 0) is 6.42 Å². The smallest absolute Gasteiger partial charge is 0.249 e. The van der Waals surface area contributed by atoms with E-state index in [-0.39, 0.29) is 0 Å². The van der Waals surface area contributed by atoms with Crippen molar-refractivity contribution in [3.05, 3.63) is 53.9 Å². The average molecular weight is 265 g/mol. The maximum Gasteiger partial charge on any atom is 0.249 e. The molecule has 3 aromatic rings. The number of primary amides is 1. The van der Waals surface area contributed by atoms with E-state index in [4.69, 9.17) is 5.73 Å². The number of H-pyrrole nitrogens is 1. The number of aromatic nitrogens is 2. The van der Waals surface area contributed by atoms with Gasteiger partial charge in [-0.15, -0.1) is 0 Å². The number of carbonyl (C=O) groups is 1. The largest absolute Gasteiger partial charge is 0.366 e. The third kappa shape index (κ3) is 2.05. The van der Waals surface area contributed by atoms with E-state index in [2.05, 4.69) is 23.0 Å². The normalized spacial score (nSPS) is 10.8. The van der Waals surface area contributed by atoms with Crippen molar-refractivity contribution in [1.29, 1.82) is 0 Å². The third-order valence-electron chi connectivity index (χ3n) is 3.42. The Kier molecular flexibility index (Phi) is 2.99. The molecule has 4 nitrogen and oxygen atoms in total. The van der Waals surface area contributed by atoms with Crippen molar-refractivity contribution in [2.24, 2.45) is 5.73 Å². The summed E-state index contributed by atoms with van der Waals surface area (Å²) >= 11 is 0. The van der Waals surface area contributed by atoms with Crippen molar-refractivity contribution in [1.82, 2.24) is 9.97 Å². The summed E-state index contributed by atoms with van der Waals surface area (Å²) in [4.78, 5) is 19.1. The highest BCUT2D eigenvalue weighted by atomic mass is 16.1. The van der Waals surface area contributed by atoms with Crippen LogP contribution in [0.2, 0.25) is 0 Å². The van der Waals surface area contributed by atoms with Crippen LogP contribution in [0.15, 0.2) is 42.6 Å². The van der Waals surface area contributed by atoms with E-state index >= 15 is 0 Å². The highest BCUT2D eigenvalue weighted by molar-refractivity contribution is 6.06. The van der Waals surface area contributed by atoms with Crippen LogP contribution in [0.25, 0.3) is 22.2 Å². The molecular weight excluding hydrogens is 250 g/mol. The Labute approximate surface area is 116 Å². The molecule has 1 amide bonds. The lowest BCUT2D eigenvalue weighted by molar-refractivity contribution is 0.100. The van der Waals surface area contributed by atoms with E-state index in [1.54, 1.807) is 12.3 Å². The minimum absolute atomic E-state index is 0.412. The first kappa shape index (κ1) is 12.4. The van der Waals surface area contributed by atoms with Gasteiger partial charge in [0.15, 0.2) is 0 Å². The molecule has 20 heavy (non-hydrogen) atoms. The zero-order valence-electron chi connectivity index (χ0n) is 11.2. The van der Waals surface area contributed by atoms with Crippen molar-refractivity contribution < 1.29 is 4.79 Å². The lowest BCUT2D eigenvalue weighted by Crippen LogP contribution is -2.10. The van der Waals surface area contributed by atoms with Gasteiger partial charge in [0.25, 0.3) is 0 Å². The Morgan fingerprint density at radius 2 is 2.15 bits per heavy atom. The number of benzene rings is 1. The van der Waals surface area contributed by atoms with Crippen molar-refractivity contribution in [2.45, 2.75) is 13.3 Å². The highest BCUT2D eigenvalue weighted by Crippen LogP contribution is 2.26. The Bertz CT molecular complexity index is 789. The van der Waals surface area contributed by atoms with Gasteiger partial charge in [-0.05, 0) is 36.8 Å². The highest BCUT2D eigenvalue weighted by Gasteiger charge is 2.10. The van der Waals surface area contributed by atoms with Gasteiger partial charge in [-0.2, -0.15) is 0 Å². The van der Waals surface area contributed by atoms with Crippen molar-refractivity contribution >= 4 is 16.8 Å². The van der Waals surface area contributed by atoms with Gasteiger partial charge >= 0.3 is 0 Å². The van der Waals surface area contributed by atoms with E-state index < -0.39 is 5.91 Å². The molecule has 0 atom stereocenters. The molecule has 2 heterocycles. The summed E-state index contributed by atoms with van der Waals surface area (Å²) in [6.45, 7) is 2.07. The van der Waals surface area contributed by atoms with Gasteiger partial charge in [0, 0.05) is 39.6 Å². The van der Waals surface area contributed by atoms with E-state index in [0.29, 0.717) is 5.56 Å². The van der Waals surface area contributed by atoms with Crippen molar-refractivity contribution in [2.75, 3.05) is 0 Å². The first-order chi connectivity index (χ1) is 9.69. The van der Waals surface area contributed by atoms with Gasteiger partial charge in [-0.3, -0.25) is 9.78 Å². The molecule has 2 aromatic heterocycles. The van der Waals surface area contributed by atoms with Crippen molar-refractivity contribution in [3.63, 3.8) is 0 Å². The number of rotatable bonds is 3. The molecule has 3 N–H and O–H groups in total. The summed E-state index contributed by atoms with van der Waals surface area (Å²) in [5.41, 5.74) is 9.92. The summed E-state index contributed by atoms with van der Waals surface area (Å²) in [5.74, 6) is -0.412. The van der Waals surface area contributed by atoms with Crippen LogP contribution in [0.5, 0.6) is 0 Å². The number of nitrogens with one attached hydrogen (secondary N) is 1. The van der Waals surface area contributed by atoms with Gasteiger partial charge < -0.3 is 10.7 Å². The summed E-state index contributed by atoms with van der Waals surface area (Å²) in [6.07, 6.45) is 2.69. The molecule has 3 rings (SSSR count). The van der Waals surface area contributed by atoms with Crippen LogP contribution in [0, 0.1) is 0 Å². The number of aromatic amines is 1. The first-order valence-electron chi connectivity index (χ1n) is 6.56. The van der Waals surface area contributed by atoms with Crippen molar-refractivity contribution in [3.8, 4) is 11.3 Å². The van der Waals surface area contributed by atoms with Gasteiger partial charge in [-0.1, -0.05) is 13.0 Å². The molecule has 0 bridgehead atoms. The summed E-state index contributed by atoms with van der Waals surface area (Å²) < 4.78 is 0. The lowest BCUT2D eigenvalue weighted by Gasteiger charge is -2.00. The fourth-order valence-corrected chi connectivity index (χ4v) is 2.36. The molecule has 1 aromatic carbocycles. The average Bonchev–Trinajstić information content (AvgIpc) is 2.91. The number of pyridine rings is 1. The first-order valence-corrected chi connectivity index (χ1v) is 6.56. The molecular formula is C16H15N3O. The van der Waals surface area contributed by atoms with Gasteiger partial charge in [-0.25, -0.2) is 0 Å². The fraction of sp³-hybridized carbons (Fsp3) is 0.125. The molecule has 0 aliphatic heterocycles. The molecule has 0 fully saturated rings. The topological polar surface area (TPSA) is 71.8 Å². The lowest BCUT2D eigenvalue weighted by atomic mass is 10.1. The number of amides is 1. The summed E-state index contributed by atoms with van der Waals surface area (Å²) in [5, 5.41) is 0.852. The van der Waals surface area contributed by atoms with Crippen LogP contribution in [0.1, 0.15) is 23.0 Å². The number of fused-ring (bicyclic) bond motifs is 1. The monoisotopic (exact) mass is 265 g/mol. The third-order valence-corrected chi connectivity index (χ3v) is 3.42. The predicted octanol–water partition coefficient (Wildman–Crippen LogP) is 2.89. The van der Waals surface area contributed by atoms with Gasteiger partial charge in [0.2, 0.25) is 5.91 Å². The molecule has 0 spiro atoms. The minimum Gasteiger partial charge on any atom is -0.366 e. The van der Waals surface area contributed by atoms with Crippen LogP contribution in [-0.4, -0.2) is 15.9 Å². The quantitative estimate of drug-likeness (QED) is 0.764. The number of carbonyl (C=O) groups excluding carboxylic acids is 1. The van der Waals surface area contributed by atoms with E-state index in [1.165, 1.54) is 0 Å². The Hall–Kier alpha value is -2.62. The number of nitrogens with zero attached hydrogens (tertiary/aromatic N) is 1. The second-order valence-corrected chi connectivity index (χ2v) is 4.70. The molecule has 0 aliphatic rings. The molecule has 0 unspecified atom stereocenters. The van der Waals surface area contributed by atoms with Crippen LogP contribution in [0.4, 0.5) is 0 Å². The van der Waals surface area contributed by atoms with E-state index in [0.717, 1.165) is 34.3 Å². The second-order valence-electron chi connectivity index (χ2n) is 4.70. The van der Waals surface area contributed by atoms with Gasteiger partial charge in [0.1, 0.15) is 0 Å². The number of nitrogens with two attached hydrogens (primary N) is 1. The van der Waals surface area contributed by atoms with Crippen LogP contribution in [0.3, 0.4) is 0 Å². The minimum atomic E-state index is -0.412. The van der Waals surface area contributed by atoms with E-state index in [1.807, 2.05) is 24.3 Å². The molecule has 4 heteroatoms. The SMILES string of the molecule is CCc1cc(-c2cc3c(C(N)=O)cccc3[nH]2)ccn1. The number of hydrogen-bond donors (Lipinski definition) is 2. The second kappa shape index (κ2) is 4.81. The molecule has 0 saturated heterocycles. The predicted molar refractivity (Wildman–Crippen MR) is 79.4 cm³/mol. The molecule has 0 saturated carbocycles. The Morgan fingerprint density at radius 1 is 1.30 bits per heavy atom. The maximum atomic E-state index is 11.5. The Morgan fingerprint density at radius 3 is 2.90 bits per heavy atom. The number of hydrogen-bond acceptors (Lipinski definition) is 2. The fourth-order valence-electron chi connectivity index (χ4n) is 2.36. The molecule has 0 radical (unpaired) electrons. The summed E-state index contributed by atoms with van der Waals surface area (Å²) in [7, 11) is 0. The Balaban J connectivity index is 2.17. The molecule has 0 aliphatic carbocycles. The zero-order chi connectivity index (χ0) is 14.1. The van der Waals surface area contributed by atoms with Gasteiger partial charge in [0.05, 0.1) is 0 Å². The standard InChI is InChI=1S/C16H15N3O/c1-2-11-8-10(6-7-18-11)15-9-13-12(16(17)20)4-3-5-14(13)19-15/h3-9,19H,2H2,1H3,(H2,17,20). The van der Waals surface area contributed by atoms with Crippen LogP contribution < -0.4 is 5.73 Å². The molecule has 100 valence electrons. The number of aryl methyl sites for hydroxylation is 1. The summed E-state index contributed by atoms with van der Waals surface area (Å²) in [6, 6.07) is 11.5. The van der Waals surface area contributed by atoms with E-state index in [9.17, 15) is 4.79 Å². The zero-order valence-corrected chi connectivity index (χ0v) is 11.2.